The Morgan fingerprint density at radius 2 is 1.37 bits per heavy atom. The van der Waals surface area contributed by atoms with E-state index in [2.05, 4.69) is 47.4 Å². The predicted octanol–water partition coefficient (Wildman–Crippen LogP) is 4.29. The minimum Gasteiger partial charge on any atom is -0.489 e. The first-order valence-corrected chi connectivity index (χ1v) is 12.5. The fourth-order valence-corrected chi connectivity index (χ4v) is 4.32. The molecule has 200 valence electrons. The summed E-state index contributed by atoms with van der Waals surface area (Å²) in [7, 11) is 1.92. The van der Waals surface area contributed by atoms with Crippen LogP contribution in [0.4, 0.5) is 0 Å². The van der Waals surface area contributed by atoms with Gasteiger partial charge in [0.05, 0.1) is 0 Å². The fraction of sp³-hybridized carbons (Fsp3) is 0.300. The molecule has 1 fully saturated rings. The van der Waals surface area contributed by atoms with Gasteiger partial charge >= 0.3 is 11.9 Å². The summed E-state index contributed by atoms with van der Waals surface area (Å²) < 4.78 is 5.98. The third kappa shape index (κ3) is 9.37. The molecule has 2 N–H and O–H groups in total. The van der Waals surface area contributed by atoms with Crippen molar-refractivity contribution < 1.29 is 29.3 Å². The molecule has 1 amide bonds. The van der Waals surface area contributed by atoms with Crippen molar-refractivity contribution in [3.63, 3.8) is 0 Å². The third-order valence-corrected chi connectivity index (χ3v) is 6.31. The fourth-order valence-electron chi connectivity index (χ4n) is 4.32. The van der Waals surface area contributed by atoms with Gasteiger partial charge in [-0.2, -0.15) is 0 Å². The lowest BCUT2D eigenvalue weighted by Crippen LogP contribution is -2.40. The molecule has 38 heavy (non-hydrogen) atoms. The van der Waals surface area contributed by atoms with E-state index in [0.717, 1.165) is 38.2 Å². The van der Waals surface area contributed by atoms with E-state index in [1.807, 2.05) is 54.4 Å². The number of piperidine rings is 1. The summed E-state index contributed by atoms with van der Waals surface area (Å²) in [6.45, 7) is 4.04. The van der Waals surface area contributed by atoms with Gasteiger partial charge in [-0.3, -0.25) is 9.69 Å². The summed E-state index contributed by atoms with van der Waals surface area (Å²) in [5, 5.41) is 14.8. The number of aliphatic carboxylic acids is 2. The molecule has 1 aliphatic rings. The van der Waals surface area contributed by atoms with E-state index in [1.54, 1.807) is 0 Å². The molecular formula is C30H34N2O6. The number of carbonyl (C=O) groups is 3. The first-order valence-electron chi connectivity index (χ1n) is 12.5. The van der Waals surface area contributed by atoms with Crippen LogP contribution in [-0.2, 0) is 34.1 Å². The number of benzene rings is 3. The van der Waals surface area contributed by atoms with Crippen LogP contribution in [0.25, 0.3) is 0 Å². The monoisotopic (exact) mass is 518 g/mol. The number of hydrogen-bond donors (Lipinski definition) is 2. The zero-order chi connectivity index (χ0) is 27.3. The Hall–Kier alpha value is -4.17. The molecule has 8 heteroatoms. The Labute approximate surface area is 223 Å². The van der Waals surface area contributed by atoms with Crippen LogP contribution in [0.3, 0.4) is 0 Å². The van der Waals surface area contributed by atoms with Crippen LogP contribution in [0.15, 0.2) is 84.9 Å². The van der Waals surface area contributed by atoms with Gasteiger partial charge in [0, 0.05) is 26.1 Å². The van der Waals surface area contributed by atoms with Crippen molar-refractivity contribution in [2.45, 2.75) is 32.5 Å². The van der Waals surface area contributed by atoms with Crippen LogP contribution in [0.2, 0.25) is 0 Å². The maximum absolute atomic E-state index is 12.9. The normalized spacial score (nSPS) is 13.6. The number of carboxylic acid groups (broad SMARTS) is 2. The molecule has 0 saturated carbocycles. The van der Waals surface area contributed by atoms with Gasteiger partial charge < -0.3 is 19.8 Å². The zero-order valence-electron chi connectivity index (χ0n) is 21.5. The highest BCUT2D eigenvalue weighted by Crippen LogP contribution is 2.23. The van der Waals surface area contributed by atoms with Gasteiger partial charge in [0.2, 0.25) is 5.91 Å². The van der Waals surface area contributed by atoms with E-state index in [1.165, 1.54) is 16.7 Å². The molecule has 3 aromatic carbocycles. The SMILES string of the molecule is CN(Cc1ccccc1)C(=O)C1CCN(Cc2cccc(OCc3ccccc3)c2)CC1.O=C(O)C(=O)O. The molecule has 0 spiro atoms. The Kier molecular flexibility index (Phi) is 10.9. The minimum absolute atomic E-state index is 0.125. The van der Waals surface area contributed by atoms with E-state index in [-0.39, 0.29) is 11.8 Å². The van der Waals surface area contributed by atoms with Crippen molar-refractivity contribution in [2.75, 3.05) is 20.1 Å². The molecule has 1 saturated heterocycles. The minimum atomic E-state index is -1.82. The number of nitrogens with zero attached hydrogens (tertiary/aromatic N) is 2. The first kappa shape index (κ1) is 28.4. The number of amides is 1. The number of ether oxygens (including phenoxy) is 1. The lowest BCUT2D eigenvalue weighted by Gasteiger charge is -2.33. The van der Waals surface area contributed by atoms with Crippen molar-refractivity contribution in [3.8, 4) is 5.75 Å². The topological polar surface area (TPSA) is 107 Å². The number of rotatable bonds is 8. The number of carbonyl (C=O) groups excluding carboxylic acids is 1. The predicted molar refractivity (Wildman–Crippen MR) is 143 cm³/mol. The van der Waals surface area contributed by atoms with E-state index in [4.69, 9.17) is 24.5 Å². The standard InChI is InChI=1S/C28H32N2O2.C2H2O4/c1-29(20-23-9-4-2-5-10-23)28(31)26-15-17-30(18-16-26)21-25-13-8-14-27(19-25)32-22-24-11-6-3-7-12-24;3-1(4)2(5)6/h2-14,19,26H,15-18,20-22H2,1H3;(H,3,4)(H,5,6). The smallest absolute Gasteiger partial charge is 0.414 e. The Morgan fingerprint density at radius 1 is 0.816 bits per heavy atom. The van der Waals surface area contributed by atoms with E-state index >= 15 is 0 Å². The average Bonchev–Trinajstić information content (AvgIpc) is 2.93. The summed E-state index contributed by atoms with van der Waals surface area (Å²) >= 11 is 0. The van der Waals surface area contributed by atoms with Gasteiger partial charge in [-0.1, -0.05) is 72.8 Å². The highest BCUT2D eigenvalue weighted by atomic mass is 16.5. The van der Waals surface area contributed by atoms with Gasteiger partial charge in [-0.25, -0.2) is 9.59 Å². The molecule has 0 radical (unpaired) electrons. The van der Waals surface area contributed by atoms with Crippen molar-refractivity contribution in [1.82, 2.24) is 9.80 Å². The van der Waals surface area contributed by atoms with Gasteiger partial charge in [0.25, 0.3) is 0 Å². The summed E-state index contributed by atoms with van der Waals surface area (Å²) in [5.74, 6) is -2.35. The van der Waals surface area contributed by atoms with Crippen LogP contribution in [0, 0.1) is 5.92 Å². The van der Waals surface area contributed by atoms with Crippen LogP contribution < -0.4 is 4.74 Å². The van der Waals surface area contributed by atoms with Crippen LogP contribution in [0.1, 0.15) is 29.5 Å². The Bertz CT molecular complexity index is 1170. The number of carboxylic acids is 2. The molecule has 0 aromatic heterocycles. The second kappa shape index (κ2) is 14.5. The quantitative estimate of drug-likeness (QED) is 0.428. The largest absolute Gasteiger partial charge is 0.489 e. The van der Waals surface area contributed by atoms with Crippen LogP contribution in [0.5, 0.6) is 5.75 Å². The zero-order valence-corrected chi connectivity index (χ0v) is 21.5. The van der Waals surface area contributed by atoms with E-state index < -0.39 is 11.9 Å². The lowest BCUT2D eigenvalue weighted by atomic mass is 9.95. The lowest BCUT2D eigenvalue weighted by molar-refractivity contribution is -0.159. The molecule has 0 unspecified atom stereocenters. The highest BCUT2D eigenvalue weighted by Gasteiger charge is 2.27. The molecule has 0 bridgehead atoms. The van der Waals surface area contributed by atoms with Crippen molar-refractivity contribution in [2.24, 2.45) is 5.92 Å². The maximum atomic E-state index is 12.9. The van der Waals surface area contributed by atoms with Crippen molar-refractivity contribution in [3.05, 3.63) is 102 Å². The van der Waals surface area contributed by atoms with E-state index in [0.29, 0.717) is 13.2 Å². The van der Waals surface area contributed by atoms with Crippen molar-refractivity contribution >= 4 is 17.8 Å². The number of likely N-dealkylation sites (tertiary alicyclic amines) is 1. The molecule has 8 nitrogen and oxygen atoms in total. The maximum Gasteiger partial charge on any atom is 0.414 e. The molecule has 3 aromatic rings. The van der Waals surface area contributed by atoms with Gasteiger partial charge in [-0.15, -0.1) is 0 Å². The highest BCUT2D eigenvalue weighted by molar-refractivity contribution is 6.27. The molecular weight excluding hydrogens is 484 g/mol. The third-order valence-electron chi connectivity index (χ3n) is 6.31. The van der Waals surface area contributed by atoms with Crippen molar-refractivity contribution in [1.29, 1.82) is 0 Å². The number of hydrogen-bond acceptors (Lipinski definition) is 5. The Balaban J connectivity index is 0.000000599. The summed E-state index contributed by atoms with van der Waals surface area (Å²) in [6, 6.07) is 28.8. The molecule has 4 rings (SSSR count). The molecule has 1 aliphatic heterocycles. The summed E-state index contributed by atoms with van der Waals surface area (Å²) in [5.41, 5.74) is 3.60. The van der Waals surface area contributed by atoms with Crippen LogP contribution in [-0.4, -0.2) is 58.0 Å². The first-order chi connectivity index (χ1) is 18.3. The molecule has 1 heterocycles. The molecule has 0 atom stereocenters. The van der Waals surface area contributed by atoms with E-state index in [9.17, 15) is 4.79 Å². The van der Waals surface area contributed by atoms with Gasteiger partial charge in [0.1, 0.15) is 12.4 Å². The average molecular weight is 519 g/mol. The second-order valence-electron chi connectivity index (χ2n) is 9.26. The van der Waals surface area contributed by atoms with Gasteiger partial charge in [0.15, 0.2) is 0 Å². The van der Waals surface area contributed by atoms with Crippen LogP contribution >= 0.6 is 0 Å². The Morgan fingerprint density at radius 3 is 1.95 bits per heavy atom. The summed E-state index contributed by atoms with van der Waals surface area (Å²) in [4.78, 5) is 35.4. The molecule has 0 aliphatic carbocycles. The van der Waals surface area contributed by atoms with Gasteiger partial charge in [-0.05, 0) is 54.8 Å². The summed E-state index contributed by atoms with van der Waals surface area (Å²) in [6.07, 6.45) is 1.84. The second-order valence-corrected chi connectivity index (χ2v) is 9.26.